The van der Waals surface area contributed by atoms with Crippen molar-refractivity contribution in [1.82, 2.24) is 10.7 Å². The first-order valence-electron chi connectivity index (χ1n) is 9.70. The molecular weight excluding hydrogens is 374 g/mol. The third-order valence-electron chi connectivity index (χ3n) is 5.00. The van der Waals surface area contributed by atoms with Crippen molar-refractivity contribution in [3.63, 3.8) is 0 Å². The largest absolute Gasteiger partial charge is 0.343 e. The molecule has 4 aromatic rings. The molecule has 148 valence electrons. The minimum absolute atomic E-state index is 0.152. The molecule has 0 bridgehead atoms. The molecule has 30 heavy (non-hydrogen) atoms. The van der Waals surface area contributed by atoms with E-state index < -0.39 is 5.91 Å². The van der Waals surface area contributed by atoms with Crippen LogP contribution < -0.4 is 10.7 Å². The van der Waals surface area contributed by atoms with Gasteiger partial charge in [-0.05, 0) is 46.2 Å². The van der Waals surface area contributed by atoms with Gasteiger partial charge >= 0.3 is 0 Å². The Kier molecular flexibility index (Phi) is 5.52. The van der Waals surface area contributed by atoms with Gasteiger partial charge in [-0.3, -0.25) is 9.59 Å². The smallest absolute Gasteiger partial charge is 0.259 e. The predicted molar refractivity (Wildman–Crippen MR) is 121 cm³/mol. The zero-order valence-corrected chi connectivity index (χ0v) is 16.6. The number of benzene rings is 4. The Hall–Kier alpha value is -3.99. The lowest BCUT2D eigenvalue weighted by molar-refractivity contribution is -0.120. The molecule has 0 unspecified atom stereocenters. The summed E-state index contributed by atoms with van der Waals surface area (Å²) in [5.74, 6) is -0.676. The Morgan fingerprint density at radius 1 is 0.867 bits per heavy atom. The van der Waals surface area contributed by atoms with Gasteiger partial charge in [-0.25, -0.2) is 5.43 Å². The van der Waals surface area contributed by atoms with Gasteiger partial charge in [0.15, 0.2) is 0 Å². The summed E-state index contributed by atoms with van der Waals surface area (Å²) < 4.78 is 0. The molecule has 0 radical (unpaired) electrons. The van der Waals surface area contributed by atoms with Crippen LogP contribution in [-0.4, -0.2) is 24.6 Å². The number of amides is 2. The van der Waals surface area contributed by atoms with Crippen LogP contribution in [0, 0.1) is 6.92 Å². The van der Waals surface area contributed by atoms with Gasteiger partial charge in [-0.2, -0.15) is 5.10 Å². The molecule has 0 atom stereocenters. The third-order valence-corrected chi connectivity index (χ3v) is 5.00. The van der Waals surface area contributed by atoms with Crippen LogP contribution in [0.4, 0.5) is 0 Å². The van der Waals surface area contributed by atoms with Gasteiger partial charge in [-0.1, -0.05) is 66.7 Å². The minimum atomic E-state index is -0.391. The second kappa shape index (κ2) is 8.57. The number of hydrogen-bond donors (Lipinski definition) is 2. The van der Waals surface area contributed by atoms with Crippen LogP contribution in [0.15, 0.2) is 84.0 Å². The fraction of sp³-hybridized carbons (Fsp3) is 0.0800. The Labute approximate surface area is 174 Å². The Morgan fingerprint density at radius 3 is 2.13 bits per heavy atom. The lowest BCUT2D eigenvalue weighted by Crippen LogP contribution is -2.35. The maximum absolute atomic E-state index is 12.2. The van der Waals surface area contributed by atoms with Crippen LogP contribution in [0.5, 0.6) is 0 Å². The number of fused-ring (bicyclic) bond motifs is 2. The molecule has 5 heteroatoms. The highest BCUT2D eigenvalue weighted by molar-refractivity contribution is 6.13. The summed E-state index contributed by atoms with van der Waals surface area (Å²) >= 11 is 0. The SMILES string of the molecule is Cc1ccccc1C(=O)NCC(=O)N/N=C\c1c2ccccc2cc2ccccc12. The van der Waals surface area contributed by atoms with Crippen LogP contribution >= 0.6 is 0 Å². The van der Waals surface area contributed by atoms with Gasteiger partial charge in [0.05, 0.1) is 12.8 Å². The van der Waals surface area contributed by atoms with E-state index in [2.05, 4.69) is 34.0 Å². The molecule has 0 aliphatic heterocycles. The van der Waals surface area contributed by atoms with Crippen molar-refractivity contribution in [2.75, 3.05) is 6.54 Å². The summed E-state index contributed by atoms with van der Waals surface area (Å²) in [5, 5.41) is 11.1. The van der Waals surface area contributed by atoms with Crippen LogP contribution in [0.2, 0.25) is 0 Å². The van der Waals surface area contributed by atoms with E-state index in [0.717, 1.165) is 32.7 Å². The molecule has 4 aromatic carbocycles. The van der Waals surface area contributed by atoms with E-state index in [4.69, 9.17) is 0 Å². The van der Waals surface area contributed by atoms with Crippen molar-refractivity contribution in [2.45, 2.75) is 6.92 Å². The summed E-state index contributed by atoms with van der Waals surface area (Å²) in [6.45, 7) is 1.70. The van der Waals surface area contributed by atoms with Crippen molar-refractivity contribution < 1.29 is 9.59 Å². The van der Waals surface area contributed by atoms with Crippen molar-refractivity contribution >= 4 is 39.6 Å². The average molecular weight is 395 g/mol. The van der Waals surface area contributed by atoms with Crippen molar-refractivity contribution in [2.24, 2.45) is 5.10 Å². The summed E-state index contributed by atoms with van der Waals surface area (Å²) in [7, 11) is 0. The first-order valence-corrected chi connectivity index (χ1v) is 9.70. The summed E-state index contributed by atoms with van der Waals surface area (Å²) in [4.78, 5) is 24.4. The number of carbonyl (C=O) groups excluding carboxylic acids is 2. The standard InChI is InChI=1S/C25H21N3O2/c1-17-8-2-5-11-20(17)25(30)26-16-24(29)28-27-15-23-21-12-6-3-9-18(21)14-19-10-4-7-13-22(19)23/h2-15H,16H2,1H3,(H,26,30)(H,28,29)/b27-15-. The van der Waals surface area contributed by atoms with E-state index in [1.807, 2.05) is 55.5 Å². The van der Waals surface area contributed by atoms with E-state index in [9.17, 15) is 9.59 Å². The van der Waals surface area contributed by atoms with Crippen LogP contribution in [0.3, 0.4) is 0 Å². The third kappa shape index (κ3) is 4.05. The van der Waals surface area contributed by atoms with Crippen molar-refractivity contribution in [3.8, 4) is 0 Å². The van der Waals surface area contributed by atoms with Crippen LogP contribution in [0.1, 0.15) is 21.5 Å². The lowest BCUT2D eigenvalue weighted by atomic mass is 9.97. The maximum Gasteiger partial charge on any atom is 0.259 e. The second-order valence-electron chi connectivity index (χ2n) is 7.02. The number of carbonyl (C=O) groups is 2. The highest BCUT2D eigenvalue weighted by Crippen LogP contribution is 2.27. The second-order valence-corrected chi connectivity index (χ2v) is 7.02. The van der Waals surface area contributed by atoms with E-state index >= 15 is 0 Å². The highest BCUT2D eigenvalue weighted by atomic mass is 16.2. The number of rotatable bonds is 5. The first-order chi connectivity index (χ1) is 14.6. The fourth-order valence-corrected chi connectivity index (χ4v) is 3.48. The Morgan fingerprint density at radius 2 is 1.47 bits per heavy atom. The normalized spacial score (nSPS) is 11.1. The van der Waals surface area contributed by atoms with Crippen LogP contribution in [-0.2, 0) is 4.79 Å². The molecule has 0 fully saturated rings. The number of hydrogen-bond acceptors (Lipinski definition) is 3. The molecule has 5 nitrogen and oxygen atoms in total. The highest BCUT2D eigenvalue weighted by Gasteiger charge is 2.10. The fourth-order valence-electron chi connectivity index (χ4n) is 3.48. The average Bonchev–Trinajstić information content (AvgIpc) is 2.77. The maximum atomic E-state index is 12.2. The van der Waals surface area contributed by atoms with Crippen LogP contribution in [0.25, 0.3) is 21.5 Å². The molecule has 0 saturated heterocycles. The van der Waals surface area contributed by atoms with E-state index in [0.29, 0.717) is 5.56 Å². The number of nitrogens with zero attached hydrogens (tertiary/aromatic N) is 1. The molecule has 0 aliphatic carbocycles. The molecule has 2 amide bonds. The Bertz CT molecular complexity index is 1220. The molecule has 2 N–H and O–H groups in total. The van der Waals surface area contributed by atoms with Crippen molar-refractivity contribution in [1.29, 1.82) is 0 Å². The number of aryl methyl sites for hydroxylation is 1. The van der Waals surface area contributed by atoms with E-state index in [1.165, 1.54) is 0 Å². The van der Waals surface area contributed by atoms with Gasteiger partial charge in [-0.15, -0.1) is 0 Å². The molecule has 0 saturated carbocycles. The molecule has 0 aromatic heterocycles. The van der Waals surface area contributed by atoms with Gasteiger partial charge < -0.3 is 5.32 Å². The van der Waals surface area contributed by atoms with E-state index in [1.54, 1.807) is 18.3 Å². The van der Waals surface area contributed by atoms with Gasteiger partial charge in [0.2, 0.25) is 0 Å². The number of nitrogens with one attached hydrogen (secondary N) is 2. The topological polar surface area (TPSA) is 70.6 Å². The molecule has 0 spiro atoms. The van der Waals surface area contributed by atoms with Crippen molar-refractivity contribution in [3.05, 3.63) is 95.6 Å². The first kappa shape index (κ1) is 19.3. The molecule has 4 rings (SSSR count). The summed E-state index contributed by atoms with van der Waals surface area (Å²) in [6, 6.07) is 25.5. The van der Waals surface area contributed by atoms with Gasteiger partial charge in [0.1, 0.15) is 0 Å². The minimum Gasteiger partial charge on any atom is -0.343 e. The predicted octanol–water partition coefficient (Wildman–Crippen LogP) is 4.18. The summed E-state index contributed by atoms with van der Waals surface area (Å²) in [6.07, 6.45) is 1.66. The quantitative estimate of drug-likeness (QED) is 0.302. The molecule has 0 heterocycles. The zero-order valence-electron chi connectivity index (χ0n) is 16.6. The zero-order chi connectivity index (χ0) is 20.9. The Balaban J connectivity index is 1.48. The molecule has 0 aliphatic rings. The molecular formula is C25H21N3O2. The lowest BCUT2D eigenvalue weighted by Gasteiger charge is -2.08. The number of hydrazone groups is 1. The van der Waals surface area contributed by atoms with E-state index in [-0.39, 0.29) is 12.5 Å². The van der Waals surface area contributed by atoms with Gasteiger partial charge in [0, 0.05) is 11.1 Å². The monoisotopic (exact) mass is 395 g/mol. The van der Waals surface area contributed by atoms with Gasteiger partial charge in [0.25, 0.3) is 11.8 Å². The summed E-state index contributed by atoms with van der Waals surface area (Å²) in [5.41, 5.74) is 4.85.